The summed E-state index contributed by atoms with van der Waals surface area (Å²) >= 11 is 4.67. The zero-order chi connectivity index (χ0) is 16.1. The lowest BCUT2D eigenvalue weighted by molar-refractivity contribution is -0.384. The summed E-state index contributed by atoms with van der Waals surface area (Å²) in [6.07, 6.45) is 0. The second-order valence-electron chi connectivity index (χ2n) is 4.68. The van der Waals surface area contributed by atoms with Crippen molar-refractivity contribution in [1.82, 2.24) is 0 Å². The van der Waals surface area contributed by atoms with E-state index < -0.39 is 4.92 Å². The fraction of sp³-hybridized carbons (Fsp3) is 0.125. The number of nitro benzene ring substituents is 1. The highest BCUT2D eigenvalue weighted by molar-refractivity contribution is 7.78. The lowest BCUT2D eigenvalue weighted by atomic mass is 10.1. The highest BCUT2D eigenvalue weighted by Gasteiger charge is 2.09. The first-order valence-electron chi connectivity index (χ1n) is 6.50. The van der Waals surface area contributed by atoms with Crippen LogP contribution in [-0.2, 0) is 0 Å². The van der Waals surface area contributed by atoms with E-state index in [9.17, 15) is 10.1 Å². The number of nitrogens with zero attached hydrogens (tertiary/aromatic N) is 3. The van der Waals surface area contributed by atoms with Gasteiger partial charge in [-0.3, -0.25) is 10.1 Å². The van der Waals surface area contributed by atoms with Crippen LogP contribution in [0.2, 0.25) is 0 Å². The number of benzene rings is 2. The van der Waals surface area contributed by atoms with Crippen molar-refractivity contribution in [2.75, 3.05) is 0 Å². The first kappa shape index (κ1) is 15.7. The predicted molar refractivity (Wildman–Crippen MR) is 90.2 cm³/mol. The summed E-state index contributed by atoms with van der Waals surface area (Å²) in [4.78, 5) is 18.8. The number of non-ortho nitro benzene ring substituents is 1. The largest absolute Gasteiger partial charge is 0.269 e. The van der Waals surface area contributed by atoms with E-state index in [-0.39, 0.29) is 5.69 Å². The molecule has 0 aromatic heterocycles. The van der Waals surface area contributed by atoms with Gasteiger partial charge in [-0.2, -0.15) is 4.99 Å². The van der Waals surface area contributed by atoms with Crippen molar-refractivity contribution >= 4 is 34.6 Å². The van der Waals surface area contributed by atoms with Gasteiger partial charge in [0.1, 0.15) is 0 Å². The summed E-state index contributed by atoms with van der Waals surface area (Å²) in [7, 11) is 0. The van der Waals surface area contributed by atoms with Gasteiger partial charge < -0.3 is 0 Å². The van der Waals surface area contributed by atoms with Gasteiger partial charge in [-0.25, -0.2) is 4.99 Å². The number of amidine groups is 1. The highest BCUT2D eigenvalue weighted by Crippen LogP contribution is 2.24. The molecule has 0 amide bonds. The third kappa shape index (κ3) is 3.49. The van der Waals surface area contributed by atoms with Crippen LogP contribution in [-0.4, -0.2) is 15.9 Å². The van der Waals surface area contributed by atoms with E-state index in [1.807, 2.05) is 32.0 Å². The van der Waals surface area contributed by atoms with Crippen molar-refractivity contribution in [3.8, 4) is 0 Å². The number of nitro groups is 1. The molecule has 0 radical (unpaired) electrons. The molecule has 0 fully saturated rings. The van der Waals surface area contributed by atoms with E-state index in [1.165, 1.54) is 12.1 Å². The maximum atomic E-state index is 10.7. The van der Waals surface area contributed by atoms with Crippen LogP contribution in [0.3, 0.4) is 0 Å². The van der Waals surface area contributed by atoms with Crippen molar-refractivity contribution in [2.45, 2.75) is 13.8 Å². The maximum absolute atomic E-state index is 10.7. The molecule has 0 atom stereocenters. The molecule has 0 aliphatic heterocycles. The molecule has 6 heteroatoms. The van der Waals surface area contributed by atoms with Crippen LogP contribution < -0.4 is 0 Å². The topological polar surface area (TPSA) is 67.9 Å². The average Bonchev–Trinajstić information content (AvgIpc) is 2.50. The first-order valence-corrected chi connectivity index (χ1v) is 6.91. The lowest BCUT2D eigenvalue weighted by Gasteiger charge is -2.06. The van der Waals surface area contributed by atoms with Gasteiger partial charge in [-0.15, -0.1) is 0 Å². The molecule has 0 heterocycles. The van der Waals surface area contributed by atoms with Crippen molar-refractivity contribution in [2.24, 2.45) is 9.98 Å². The first-order chi connectivity index (χ1) is 10.5. The molecule has 0 unspecified atom stereocenters. The Bertz CT molecular complexity index is 771. The molecule has 0 bridgehead atoms. The molecule has 0 saturated carbocycles. The Hall–Kier alpha value is -2.69. The number of isothiocyanates is 1. The van der Waals surface area contributed by atoms with Crippen LogP contribution in [0.25, 0.3) is 0 Å². The zero-order valence-corrected chi connectivity index (χ0v) is 12.9. The van der Waals surface area contributed by atoms with Crippen LogP contribution in [0.5, 0.6) is 0 Å². The second-order valence-corrected chi connectivity index (χ2v) is 4.87. The quantitative estimate of drug-likeness (QED) is 0.277. The van der Waals surface area contributed by atoms with E-state index in [4.69, 9.17) is 0 Å². The predicted octanol–water partition coefficient (Wildman–Crippen LogP) is 4.39. The molecule has 0 spiro atoms. The highest BCUT2D eigenvalue weighted by atomic mass is 32.1. The fourth-order valence-electron chi connectivity index (χ4n) is 2.02. The molecule has 2 aromatic carbocycles. The number of para-hydroxylation sites is 1. The number of aryl methyl sites for hydroxylation is 2. The summed E-state index contributed by atoms with van der Waals surface area (Å²) in [6, 6.07) is 11.9. The van der Waals surface area contributed by atoms with E-state index in [0.29, 0.717) is 11.4 Å². The molecule has 0 aliphatic carbocycles. The van der Waals surface area contributed by atoms with E-state index >= 15 is 0 Å². The number of hydrogen-bond acceptors (Lipinski definition) is 4. The standard InChI is InChI=1S/C16H13N3O2S/c1-11-4-3-5-12(2)15(11)18-16(17-10-22)13-6-8-14(9-7-13)19(20)21/h3-9H,1-2H3. The van der Waals surface area contributed by atoms with Crippen molar-refractivity contribution in [1.29, 1.82) is 0 Å². The van der Waals surface area contributed by atoms with E-state index in [1.54, 1.807) is 12.1 Å². The Morgan fingerprint density at radius 2 is 1.73 bits per heavy atom. The second kappa shape index (κ2) is 6.85. The molecule has 0 aliphatic rings. The third-order valence-corrected chi connectivity index (χ3v) is 3.24. The van der Waals surface area contributed by atoms with Crippen molar-refractivity contribution < 1.29 is 4.92 Å². The number of hydrogen-bond donors (Lipinski definition) is 0. The van der Waals surface area contributed by atoms with Gasteiger partial charge in [0, 0.05) is 17.7 Å². The maximum Gasteiger partial charge on any atom is 0.269 e. The SMILES string of the molecule is Cc1cccc(C)c1N=C(N=C=S)c1ccc([N+](=O)[O-])cc1. The average molecular weight is 311 g/mol. The van der Waals surface area contributed by atoms with Gasteiger partial charge >= 0.3 is 0 Å². The van der Waals surface area contributed by atoms with Crippen LogP contribution in [0, 0.1) is 24.0 Å². The fourth-order valence-corrected chi connectivity index (χ4v) is 2.10. The Morgan fingerprint density at radius 3 is 2.23 bits per heavy atom. The Balaban J connectivity index is 2.53. The van der Waals surface area contributed by atoms with Crippen LogP contribution in [0.4, 0.5) is 11.4 Å². The summed E-state index contributed by atoms with van der Waals surface area (Å²) in [5.74, 6) is 0.377. The van der Waals surface area contributed by atoms with Gasteiger partial charge in [0.25, 0.3) is 5.69 Å². The molecule has 0 saturated heterocycles. The summed E-state index contributed by atoms with van der Waals surface area (Å²) in [6.45, 7) is 3.92. The minimum absolute atomic E-state index is 0.0153. The number of aliphatic imine (C=N–C) groups is 2. The van der Waals surface area contributed by atoms with E-state index in [0.717, 1.165) is 16.8 Å². The zero-order valence-electron chi connectivity index (χ0n) is 12.1. The molecular formula is C16H13N3O2S. The lowest BCUT2D eigenvalue weighted by Crippen LogP contribution is -1.98. The van der Waals surface area contributed by atoms with Crippen LogP contribution in [0.1, 0.15) is 16.7 Å². The molecule has 0 N–H and O–H groups in total. The van der Waals surface area contributed by atoms with Gasteiger partial charge in [-0.1, -0.05) is 18.2 Å². The van der Waals surface area contributed by atoms with E-state index in [2.05, 4.69) is 27.4 Å². The summed E-state index contributed by atoms with van der Waals surface area (Å²) in [5.41, 5.74) is 3.50. The van der Waals surface area contributed by atoms with Gasteiger partial charge in [-0.05, 0) is 49.3 Å². The summed E-state index contributed by atoms with van der Waals surface area (Å²) < 4.78 is 0. The summed E-state index contributed by atoms with van der Waals surface area (Å²) in [5, 5.41) is 13.0. The molecule has 110 valence electrons. The number of rotatable bonds is 3. The van der Waals surface area contributed by atoms with Crippen LogP contribution >= 0.6 is 12.2 Å². The minimum Gasteiger partial charge on any atom is -0.258 e. The molecule has 5 nitrogen and oxygen atoms in total. The Labute approximate surface area is 133 Å². The molecule has 2 aromatic rings. The molecule has 2 rings (SSSR count). The third-order valence-electron chi connectivity index (χ3n) is 3.15. The van der Waals surface area contributed by atoms with Gasteiger partial charge in [0.2, 0.25) is 0 Å². The smallest absolute Gasteiger partial charge is 0.258 e. The number of thiocarbonyl (C=S) groups is 1. The van der Waals surface area contributed by atoms with Crippen molar-refractivity contribution in [3.05, 3.63) is 69.3 Å². The van der Waals surface area contributed by atoms with Gasteiger partial charge in [0.05, 0.1) is 15.8 Å². The normalized spacial score (nSPS) is 10.9. The van der Waals surface area contributed by atoms with Crippen LogP contribution in [0.15, 0.2) is 52.4 Å². The Morgan fingerprint density at radius 1 is 1.14 bits per heavy atom. The van der Waals surface area contributed by atoms with Gasteiger partial charge in [0.15, 0.2) is 5.84 Å². The minimum atomic E-state index is -0.450. The van der Waals surface area contributed by atoms with Crippen molar-refractivity contribution in [3.63, 3.8) is 0 Å². The monoisotopic (exact) mass is 311 g/mol. The molecule has 22 heavy (non-hydrogen) atoms. The molecular weight excluding hydrogens is 298 g/mol. The Kier molecular flexibility index (Phi) is 4.88.